The molecule has 1 aromatic carbocycles. The van der Waals surface area contributed by atoms with Crippen molar-refractivity contribution in [1.82, 2.24) is 10.0 Å². The fraction of sp³-hybridized carbons (Fsp3) is 0.533. The Morgan fingerprint density at radius 1 is 1.27 bits per heavy atom. The fourth-order valence-corrected chi connectivity index (χ4v) is 3.21. The molecule has 1 amide bonds. The number of carbonyl (C=O) groups is 1. The Morgan fingerprint density at radius 2 is 1.91 bits per heavy atom. The number of nitrogens with one attached hydrogen (secondary N) is 2. The normalized spacial score (nSPS) is 14.3. The van der Waals surface area contributed by atoms with Crippen molar-refractivity contribution in [2.24, 2.45) is 0 Å². The van der Waals surface area contributed by atoms with E-state index < -0.39 is 16.1 Å². The van der Waals surface area contributed by atoms with Crippen LogP contribution in [0.1, 0.15) is 31.9 Å². The molecule has 0 fully saturated rings. The average molecular weight is 345 g/mol. The average Bonchev–Trinajstić information content (AvgIpc) is 2.52. The third kappa shape index (κ3) is 6.37. The molecule has 0 spiro atoms. The second kappa shape index (κ2) is 9.17. The van der Waals surface area contributed by atoms with E-state index in [0.717, 1.165) is 5.56 Å². The molecule has 1 rings (SSSR count). The molecule has 124 valence electrons. The van der Waals surface area contributed by atoms with Crippen LogP contribution in [0, 0.1) is 0 Å². The van der Waals surface area contributed by atoms with Crippen molar-refractivity contribution in [3.05, 3.63) is 35.9 Å². The minimum atomic E-state index is -3.41. The van der Waals surface area contributed by atoms with E-state index in [1.807, 2.05) is 43.5 Å². The van der Waals surface area contributed by atoms with Gasteiger partial charge in [-0.15, -0.1) is 0 Å². The Bertz CT molecular complexity index is 561. The highest BCUT2D eigenvalue weighted by molar-refractivity contribution is 7.98. The minimum absolute atomic E-state index is 0.0374. The molecule has 0 heterocycles. The summed E-state index contributed by atoms with van der Waals surface area (Å²) in [6.07, 6.45) is 2.39. The van der Waals surface area contributed by atoms with Crippen LogP contribution in [0.25, 0.3) is 0 Å². The maximum absolute atomic E-state index is 12.4. The van der Waals surface area contributed by atoms with Crippen molar-refractivity contribution in [3.63, 3.8) is 0 Å². The summed E-state index contributed by atoms with van der Waals surface area (Å²) >= 11 is 1.58. The SMILES string of the molecule is CCS(=O)(=O)NC(CCSC)C(=O)NC(C)c1ccccc1. The van der Waals surface area contributed by atoms with Gasteiger partial charge in [-0.3, -0.25) is 4.79 Å². The van der Waals surface area contributed by atoms with Gasteiger partial charge in [-0.05, 0) is 37.8 Å². The van der Waals surface area contributed by atoms with E-state index in [2.05, 4.69) is 10.0 Å². The van der Waals surface area contributed by atoms with Crippen LogP contribution in [0.15, 0.2) is 30.3 Å². The van der Waals surface area contributed by atoms with Crippen molar-refractivity contribution in [2.75, 3.05) is 17.8 Å². The Labute approximate surface area is 137 Å². The number of hydrogen-bond acceptors (Lipinski definition) is 4. The molecule has 0 aromatic heterocycles. The van der Waals surface area contributed by atoms with E-state index in [-0.39, 0.29) is 17.7 Å². The van der Waals surface area contributed by atoms with Crippen molar-refractivity contribution < 1.29 is 13.2 Å². The van der Waals surface area contributed by atoms with Gasteiger partial charge in [0.25, 0.3) is 0 Å². The number of hydrogen-bond donors (Lipinski definition) is 2. The quantitative estimate of drug-likeness (QED) is 0.718. The van der Waals surface area contributed by atoms with Crippen LogP contribution in [0.5, 0.6) is 0 Å². The lowest BCUT2D eigenvalue weighted by molar-refractivity contribution is -0.123. The van der Waals surface area contributed by atoms with Gasteiger partial charge in [0, 0.05) is 0 Å². The van der Waals surface area contributed by atoms with Crippen molar-refractivity contribution >= 4 is 27.7 Å². The molecule has 7 heteroatoms. The summed E-state index contributed by atoms with van der Waals surface area (Å²) in [5, 5.41) is 2.88. The topological polar surface area (TPSA) is 75.3 Å². The maximum Gasteiger partial charge on any atom is 0.238 e. The van der Waals surface area contributed by atoms with Gasteiger partial charge in [-0.1, -0.05) is 30.3 Å². The van der Waals surface area contributed by atoms with E-state index >= 15 is 0 Å². The first kappa shape index (κ1) is 19.0. The standard InChI is InChI=1S/C15H24N2O3S2/c1-4-22(19,20)17-14(10-11-21-3)15(18)16-12(2)13-8-6-5-7-9-13/h5-9,12,14,17H,4,10-11H2,1-3H3,(H,16,18). The lowest BCUT2D eigenvalue weighted by Crippen LogP contribution is -2.48. The molecule has 0 aliphatic rings. The Kier molecular flexibility index (Phi) is 7.92. The summed E-state index contributed by atoms with van der Waals surface area (Å²) in [5.41, 5.74) is 0.984. The van der Waals surface area contributed by atoms with Crippen LogP contribution in [0.2, 0.25) is 0 Å². The van der Waals surface area contributed by atoms with Crippen LogP contribution in [0.3, 0.4) is 0 Å². The van der Waals surface area contributed by atoms with Crippen LogP contribution in [-0.2, 0) is 14.8 Å². The zero-order chi connectivity index (χ0) is 16.6. The zero-order valence-corrected chi connectivity index (χ0v) is 14.8. The second-order valence-electron chi connectivity index (χ2n) is 5.00. The molecule has 2 N–H and O–H groups in total. The molecule has 0 radical (unpaired) electrons. The molecule has 0 bridgehead atoms. The largest absolute Gasteiger partial charge is 0.348 e. The van der Waals surface area contributed by atoms with E-state index in [0.29, 0.717) is 12.2 Å². The van der Waals surface area contributed by atoms with Crippen molar-refractivity contribution in [3.8, 4) is 0 Å². The van der Waals surface area contributed by atoms with Crippen LogP contribution >= 0.6 is 11.8 Å². The molecule has 0 saturated heterocycles. The summed E-state index contributed by atoms with van der Waals surface area (Å²) in [6.45, 7) is 3.44. The molecular weight excluding hydrogens is 320 g/mol. The summed E-state index contributed by atoms with van der Waals surface area (Å²) in [7, 11) is -3.41. The van der Waals surface area contributed by atoms with Crippen molar-refractivity contribution in [2.45, 2.75) is 32.4 Å². The van der Waals surface area contributed by atoms with E-state index in [4.69, 9.17) is 0 Å². The molecule has 5 nitrogen and oxygen atoms in total. The van der Waals surface area contributed by atoms with E-state index in [9.17, 15) is 13.2 Å². The molecule has 22 heavy (non-hydrogen) atoms. The van der Waals surface area contributed by atoms with Gasteiger partial charge in [0.2, 0.25) is 15.9 Å². The number of thioether (sulfide) groups is 1. The molecule has 2 unspecified atom stereocenters. The fourth-order valence-electron chi connectivity index (χ4n) is 1.92. The van der Waals surface area contributed by atoms with Gasteiger partial charge in [0.1, 0.15) is 6.04 Å². The van der Waals surface area contributed by atoms with Crippen LogP contribution in [0.4, 0.5) is 0 Å². The van der Waals surface area contributed by atoms with E-state index in [1.54, 1.807) is 18.7 Å². The Morgan fingerprint density at radius 3 is 2.45 bits per heavy atom. The lowest BCUT2D eigenvalue weighted by atomic mass is 10.1. The molecule has 0 aliphatic heterocycles. The monoisotopic (exact) mass is 344 g/mol. The van der Waals surface area contributed by atoms with Crippen LogP contribution < -0.4 is 10.0 Å². The molecule has 1 aromatic rings. The first-order valence-corrected chi connectivity index (χ1v) is 10.3. The number of benzene rings is 1. The number of amides is 1. The van der Waals surface area contributed by atoms with Gasteiger partial charge in [0.05, 0.1) is 11.8 Å². The summed E-state index contributed by atoms with van der Waals surface area (Å²) in [4.78, 5) is 12.4. The summed E-state index contributed by atoms with van der Waals surface area (Å²) in [6, 6.07) is 8.68. The smallest absolute Gasteiger partial charge is 0.238 e. The minimum Gasteiger partial charge on any atom is -0.348 e. The second-order valence-corrected chi connectivity index (χ2v) is 8.02. The van der Waals surface area contributed by atoms with Gasteiger partial charge < -0.3 is 5.32 Å². The zero-order valence-electron chi connectivity index (χ0n) is 13.2. The Balaban J connectivity index is 2.74. The number of carbonyl (C=O) groups excluding carboxylic acids is 1. The third-order valence-electron chi connectivity index (χ3n) is 3.29. The molecule has 0 saturated carbocycles. The molecule has 0 aliphatic carbocycles. The predicted octanol–water partition coefficient (Wildman–Crippen LogP) is 1.92. The van der Waals surface area contributed by atoms with Gasteiger partial charge in [-0.2, -0.15) is 11.8 Å². The Hall–Kier alpha value is -1.05. The first-order valence-electron chi connectivity index (χ1n) is 7.24. The summed E-state index contributed by atoms with van der Waals surface area (Å²) in [5.74, 6) is 0.386. The lowest BCUT2D eigenvalue weighted by Gasteiger charge is -2.21. The van der Waals surface area contributed by atoms with Gasteiger partial charge in [-0.25, -0.2) is 13.1 Å². The van der Waals surface area contributed by atoms with Crippen LogP contribution in [-0.4, -0.2) is 38.1 Å². The highest BCUT2D eigenvalue weighted by Crippen LogP contribution is 2.12. The van der Waals surface area contributed by atoms with E-state index in [1.165, 1.54) is 0 Å². The maximum atomic E-state index is 12.4. The number of sulfonamides is 1. The third-order valence-corrected chi connectivity index (χ3v) is 5.33. The predicted molar refractivity (Wildman–Crippen MR) is 92.4 cm³/mol. The first-order chi connectivity index (χ1) is 10.4. The summed E-state index contributed by atoms with van der Waals surface area (Å²) < 4.78 is 26.0. The van der Waals surface area contributed by atoms with Gasteiger partial charge >= 0.3 is 0 Å². The molecule has 2 atom stereocenters. The van der Waals surface area contributed by atoms with Gasteiger partial charge in [0.15, 0.2) is 0 Å². The highest BCUT2D eigenvalue weighted by Gasteiger charge is 2.24. The molecular formula is C15H24N2O3S2. The number of rotatable bonds is 9. The highest BCUT2D eigenvalue weighted by atomic mass is 32.2. The van der Waals surface area contributed by atoms with Crippen molar-refractivity contribution in [1.29, 1.82) is 0 Å².